The molecule has 1 saturated heterocycles. The Hall–Kier alpha value is -2.50. The smallest absolute Gasteiger partial charge is 0.244 e. The summed E-state index contributed by atoms with van der Waals surface area (Å²) in [5.41, 5.74) is 2.11. The molecule has 0 spiro atoms. The molecule has 1 N–H and O–H groups in total. The monoisotopic (exact) mass is 428 g/mol. The van der Waals surface area contributed by atoms with Gasteiger partial charge in [-0.25, -0.2) is 0 Å². The molecule has 0 saturated carbocycles. The maximum Gasteiger partial charge on any atom is 0.244 e. The number of carbonyl (C=O) groups excluding carboxylic acids is 1. The first-order valence-corrected chi connectivity index (χ1v) is 10.7. The average Bonchev–Trinajstić information content (AvgIpc) is 2.76. The Balaban J connectivity index is 1.50. The van der Waals surface area contributed by atoms with E-state index in [9.17, 15) is 4.79 Å². The molecule has 5 nitrogen and oxygen atoms in total. The first-order valence-electron chi connectivity index (χ1n) is 10.3. The summed E-state index contributed by atoms with van der Waals surface area (Å²) < 4.78 is 10.9. The zero-order valence-corrected chi connectivity index (χ0v) is 18.3. The second kappa shape index (κ2) is 11.0. The highest BCUT2D eigenvalue weighted by Gasteiger charge is 2.20. The van der Waals surface area contributed by atoms with Gasteiger partial charge in [0, 0.05) is 31.8 Å². The van der Waals surface area contributed by atoms with Crippen molar-refractivity contribution >= 4 is 23.6 Å². The predicted octanol–water partition coefficient (Wildman–Crippen LogP) is 4.54. The van der Waals surface area contributed by atoms with E-state index in [2.05, 4.69) is 34.5 Å². The van der Waals surface area contributed by atoms with Crippen LogP contribution in [0, 0.1) is 0 Å². The van der Waals surface area contributed by atoms with Crippen LogP contribution in [0.4, 0.5) is 0 Å². The van der Waals surface area contributed by atoms with Crippen LogP contribution in [0.5, 0.6) is 11.5 Å². The quantitative estimate of drug-likeness (QED) is 0.627. The highest BCUT2D eigenvalue weighted by atomic mass is 35.5. The van der Waals surface area contributed by atoms with Crippen LogP contribution in [-0.4, -0.2) is 43.7 Å². The molecule has 0 radical (unpaired) electrons. The highest BCUT2D eigenvalue weighted by molar-refractivity contribution is 6.32. The summed E-state index contributed by atoms with van der Waals surface area (Å²) >= 11 is 6.29. The largest absolute Gasteiger partial charge is 0.493 e. The van der Waals surface area contributed by atoms with Gasteiger partial charge >= 0.3 is 0 Å². The molecule has 30 heavy (non-hydrogen) atoms. The Morgan fingerprint density at radius 1 is 1.23 bits per heavy atom. The lowest BCUT2D eigenvalue weighted by Gasteiger charge is -2.32. The van der Waals surface area contributed by atoms with Gasteiger partial charge in [0.25, 0.3) is 0 Å². The van der Waals surface area contributed by atoms with Gasteiger partial charge in [0.2, 0.25) is 5.91 Å². The van der Waals surface area contributed by atoms with Crippen molar-refractivity contribution in [1.29, 1.82) is 0 Å². The number of nitrogens with one attached hydrogen (secondary N) is 1. The minimum absolute atomic E-state index is 0.0968. The van der Waals surface area contributed by atoms with Gasteiger partial charge < -0.3 is 14.8 Å². The summed E-state index contributed by atoms with van der Waals surface area (Å²) in [6, 6.07) is 14.3. The van der Waals surface area contributed by atoms with E-state index >= 15 is 0 Å². The standard InChI is InChI=1S/C24H29ClN2O3/c1-3-30-24-21(25)15-19(16-22(24)29-2)9-10-23(28)26-20-11-13-27(14-12-20)17-18-7-5-4-6-8-18/h4-10,15-16,20H,3,11-14,17H2,1-2H3,(H,26,28)/b10-9+. The molecule has 1 heterocycles. The summed E-state index contributed by atoms with van der Waals surface area (Å²) in [7, 11) is 1.57. The summed E-state index contributed by atoms with van der Waals surface area (Å²) in [4.78, 5) is 14.8. The van der Waals surface area contributed by atoms with E-state index in [1.807, 2.05) is 19.1 Å². The molecule has 1 amide bonds. The second-order valence-electron chi connectivity index (χ2n) is 7.35. The number of benzene rings is 2. The van der Waals surface area contributed by atoms with Gasteiger partial charge in [0.1, 0.15) is 0 Å². The maximum atomic E-state index is 12.4. The van der Waals surface area contributed by atoms with Crippen LogP contribution >= 0.6 is 11.6 Å². The maximum absolute atomic E-state index is 12.4. The number of methoxy groups -OCH3 is 1. The third-order valence-electron chi connectivity index (χ3n) is 5.15. The van der Waals surface area contributed by atoms with Crippen LogP contribution in [0.15, 0.2) is 48.5 Å². The van der Waals surface area contributed by atoms with Gasteiger partial charge in [-0.05, 0) is 49.1 Å². The number of likely N-dealkylation sites (tertiary alicyclic amines) is 1. The zero-order chi connectivity index (χ0) is 21.3. The normalized spacial score (nSPS) is 15.3. The molecule has 1 fully saturated rings. The number of rotatable bonds is 8. The highest BCUT2D eigenvalue weighted by Crippen LogP contribution is 2.36. The molecule has 0 aromatic heterocycles. The second-order valence-corrected chi connectivity index (χ2v) is 7.75. The van der Waals surface area contributed by atoms with E-state index in [1.54, 1.807) is 25.3 Å². The molecule has 6 heteroatoms. The fourth-order valence-corrected chi connectivity index (χ4v) is 3.89. The topological polar surface area (TPSA) is 50.8 Å². The van der Waals surface area contributed by atoms with Crippen molar-refractivity contribution < 1.29 is 14.3 Å². The first kappa shape index (κ1) is 22.2. The van der Waals surface area contributed by atoms with Gasteiger partial charge in [0.05, 0.1) is 18.7 Å². The molecule has 2 aromatic carbocycles. The average molecular weight is 429 g/mol. The fraction of sp³-hybridized carbons (Fsp3) is 0.375. The van der Waals surface area contributed by atoms with Gasteiger partial charge in [0.15, 0.2) is 11.5 Å². The number of ether oxygens (including phenoxy) is 2. The molecule has 1 aliphatic heterocycles. The number of halogens is 1. The molecule has 3 rings (SSSR count). The number of carbonyl (C=O) groups is 1. The molecule has 2 aromatic rings. The van der Waals surface area contributed by atoms with Crippen LogP contribution < -0.4 is 14.8 Å². The fourth-order valence-electron chi connectivity index (χ4n) is 3.62. The van der Waals surface area contributed by atoms with Gasteiger partial charge in [-0.15, -0.1) is 0 Å². The Bertz CT molecular complexity index is 862. The van der Waals surface area contributed by atoms with Gasteiger partial charge in [-0.2, -0.15) is 0 Å². The molecule has 1 aliphatic rings. The Kier molecular flexibility index (Phi) is 8.17. The lowest BCUT2D eigenvalue weighted by Crippen LogP contribution is -2.43. The van der Waals surface area contributed by atoms with E-state index in [0.29, 0.717) is 23.1 Å². The van der Waals surface area contributed by atoms with E-state index in [1.165, 1.54) is 5.56 Å². The number of piperidine rings is 1. The number of nitrogens with zero attached hydrogens (tertiary/aromatic N) is 1. The van der Waals surface area contributed by atoms with E-state index in [4.69, 9.17) is 21.1 Å². The third kappa shape index (κ3) is 6.25. The molecule has 0 aliphatic carbocycles. The van der Waals surface area contributed by atoms with Gasteiger partial charge in [-0.3, -0.25) is 9.69 Å². The van der Waals surface area contributed by atoms with Crippen molar-refractivity contribution in [2.75, 3.05) is 26.8 Å². The van der Waals surface area contributed by atoms with Crippen molar-refractivity contribution in [3.05, 3.63) is 64.7 Å². The summed E-state index contributed by atoms with van der Waals surface area (Å²) in [5.74, 6) is 0.973. The van der Waals surface area contributed by atoms with Crippen molar-refractivity contribution in [3.63, 3.8) is 0 Å². The first-order chi connectivity index (χ1) is 14.6. The van der Waals surface area contributed by atoms with Crippen molar-refractivity contribution in [1.82, 2.24) is 10.2 Å². The summed E-state index contributed by atoms with van der Waals surface area (Å²) in [6.07, 6.45) is 5.19. The third-order valence-corrected chi connectivity index (χ3v) is 5.43. The van der Waals surface area contributed by atoms with Crippen LogP contribution in [-0.2, 0) is 11.3 Å². The van der Waals surface area contributed by atoms with E-state index in [0.717, 1.165) is 38.0 Å². The Morgan fingerprint density at radius 3 is 2.63 bits per heavy atom. The van der Waals surface area contributed by atoms with Crippen LogP contribution in [0.2, 0.25) is 5.02 Å². The molecular formula is C24H29ClN2O3. The Morgan fingerprint density at radius 2 is 1.97 bits per heavy atom. The Labute approximate surface area is 183 Å². The van der Waals surface area contributed by atoms with E-state index < -0.39 is 0 Å². The summed E-state index contributed by atoms with van der Waals surface area (Å²) in [6.45, 7) is 5.31. The number of amides is 1. The van der Waals surface area contributed by atoms with Crippen LogP contribution in [0.1, 0.15) is 30.9 Å². The number of hydrogen-bond acceptors (Lipinski definition) is 4. The molecule has 0 unspecified atom stereocenters. The molecular weight excluding hydrogens is 400 g/mol. The minimum Gasteiger partial charge on any atom is -0.493 e. The molecule has 0 atom stereocenters. The van der Waals surface area contributed by atoms with Crippen LogP contribution in [0.25, 0.3) is 6.08 Å². The van der Waals surface area contributed by atoms with Crippen LogP contribution in [0.3, 0.4) is 0 Å². The van der Waals surface area contributed by atoms with E-state index in [-0.39, 0.29) is 11.9 Å². The number of hydrogen-bond donors (Lipinski definition) is 1. The lowest BCUT2D eigenvalue weighted by atomic mass is 10.0. The molecule has 0 bridgehead atoms. The minimum atomic E-state index is -0.0968. The zero-order valence-electron chi connectivity index (χ0n) is 17.6. The van der Waals surface area contributed by atoms with Crippen molar-refractivity contribution in [2.24, 2.45) is 0 Å². The predicted molar refractivity (Wildman–Crippen MR) is 121 cm³/mol. The lowest BCUT2D eigenvalue weighted by molar-refractivity contribution is -0.117. The summed E-state index contributed by atoms with van der Waals surface area (Å²) in [5, 5.41) is 3.57. The SMILES string of the molecule is CCOc1c(Cl)cc(/C=C/C(=O)NC2CCN(Cc3ccccc3)CC2)cc1OC. The van der Waals surface area contributed by atoms with Crippen molar-refractivity contribution in [3.8, 4) is 11.5 Å². The van der Waals surface area contributed by atoms with Crippen molar-refractivity contribution in [2.45, 2.75) is 32.4 Å². The molecule has 160 valence electrons. The van der Waals surface area contributed by atoms with Gasteiger partial charge in [-0.1, -0.05) is 41.9 Å².